The zero-order chi connectivity index (χ0) is 17.1. The monoisotopic (exact) mass is 333 g/mol. The van der Waals surface area contributed by atoms with E-state index in [0.717, 1.165) is 21.9 Å². The van der Waals surface area contributed by atoms with Gasteiger partial charge in [0.15, 0.2) is 0 Å². The quantitative estimate of drug-likeness (QED) is 0.349. The third kappa shape index (κ3) is 1.81. The number of furan rings is 1. The number of nitrogens with one attached hydrogen (secondary N) is 1. The second-order valence-corrected chi connectivity index (χ2v) is 6.71. The molecule has 26 heavy (non-hydrogen) atoms. The van der Waals surface area contributed by atoms with E-state index in [1.165, 1.54) is 32.9 Å². The van der Waals surface area contributed by atoms with Crippen LogP contribution in [-0.4, -0.2) is 4.98 Å². The molecule has 0 atom stereocenters. The second-order valence-electron chi connectivity index (χ2n) is 6.71. The third-order valence-electron chi connectivity index (χ3n) is 5.22. The average Bonchev–Trinajstić information content (AvgIpc) is 3.25. The number of fused-ring (bicyclic) bond motifs is 6. The molecular weight excluding hydrogens is 318 g/mol. The van der Waals surface area contributed by atoms with Crippen LogP contribution >= 0.6 is 0 Å². The lowest BCUT2D eigenvalue weighted by molar-refractivity contribution is 0.669. The van der Waals surface area contributed by atoms with Gasteiger partial charge in [-0.2, -0.15) is 0 Å². The van der Waals surface area contributed by atoms with Crippen LogP contribution in [0.5, 0.6) is 0 Å². The molecule has 0 unspecified atom stereocenters. The fourth-order valence-corrected chi connectivity index (χ4v) is 4.04. The molecule has 0 spiro atoms. The molecule has 0 saturated heterocycles. The summed E-state index contributed by atoms with van der Waals surface area (Å²) in [7, 11) is 0. The van der Waals surface area contributed by atoms with Crippen molar-refractivity contribution in [3.8, 4) is 11.1 Å². The maximum atomic E-state index is 5.98. The van der Waals surface area contributed by atoms with E-state index >= 15 is 0 Å². The van der Waals surface area contributed by atoms with Gasteiger partial charge in [-0.1, -0.05) is 54.6 Å². The highest BCUT2D eigenvalue weighted by Crippen LogP contribution is 2.37. The van der Waals surface area contributed by atoms with Crippen molar-refractivity contribution in [3.05, 3.63) is 84.9 Å². The molecular formula is C24H15NO. The maximum Gasteiger partial charge on any atom is 0.135 e. The van der Waals surface area contributed by atoms with Crippen LogP contribution in [0.4, 0.5) is 0 Å². The minimum Gasteiger partial charge on any atom is -0.456 e. The predicted octanol–water partition coefficient (Wildman–Crippen LogP) is 6.89. The highest BCUT2D eigenvalue weighted by atomic mass is 16.3. The van der Waals surface area contributed by atoms with E-state index in [4.69, 9.17) is 4.42 Å². The Hall–Kier alpha value is -3.52. The smallest absolute Gasteiger partial charge is 0.135 e. The van der Waals surface area contributed by atoms with Gasteiger partial charge in [0.1, 0.15) is 11.2 Å². The number of hydrogen-bond acceptors (Lipinski definition) is 1. The van der Waals surface area contributed by atoms with Gasteiger partial charge < -0.3 is 9.40 Å². The molecule has 0 saturated carbocycles. The fraction of sp³-hybridized carbons (Fsp3) is 0. The van der Waals surface area contributed by atoms with Gasteiger partial charge >= 0.3 is 0 Å². The number of aromatic nitrogens is 1. The molecule has 2 heteroatoms. The molecule has 122 valence electrons. The van der Waals surface area contributed by atoms with Gasteiger partial charge in [-0.15, -0.1) is 0 Å². The van der Waals surface area contributed by atoms with Gasteiger partial charge in [0.05, 0.1) is 0 Å². The van der Waals surface area contributed by atoms with Gasteiger partial charge in [-0.3, -0.25) is 0 Å². The summed E-state index contributed by atoms with van der Waals surface area (Å²) < 4.78 is 5.98. The number of para-hydroxylation sites is 2. The van der Waals surface area contributed by atoms with Crippen molar-refractivity contribution in [2.45, 2.75) is 0 Å². The standard InChI is InChI=1S/C24H15NO/c1-3-9-20-18(7-1)24-16(8-5-10-21(24)25-20)15-12-13-23-19(14-15)17-6-2-4-11-22(17)26-23/h1-14,25H. The number of rotatable bonds is 1. The summed E-state index contributed by atoms with van der Waals surface area (Å²) in [6, 6.07) is 29.6. The van der Waals surface area contributed by atoms with Crippen LogP contribution in [0.1, 0.15) is 0 Å². The Kier molecular flexibility index (Phi) is 2.64. The van der Waals surface area contributed by atoms with Gasteiger partial charge in [0.25, 0.3) is 0 Å². The highest BCUT2D eigenvalue weighted by Gasteiger charge is 2.12. The van der Waals surface area contributed by atoms with E-state index in [1.54, 1.807) is 0 Å². The average molecular weight is 333 g/mol. The third-order valence-corrected chi connectivity index (χ3v) is 5.22. The minimum absolute atomic E-state index is 0.932. The number of H-pyrrole nitrogens is 1. The van der Waals surface area contributed by atoms with E-state index in [2.05, 4.69) is 77.8 Å². The zero-order valence-electron chi connectivity index (χ0n) is 14.0. The molecule has 0 aliphatic rings. The lowest BCUT2D eigenvalue weighted by Gasteiger charge is -2.05. The Balaban J connectivity index is 1.71. The normalized spacial score (nSPS) is 11.8. The Morgan fingerprint density at radius 2 is 1.35 bits per heavy atom. The molecule has 4 aromatic carbocycles. The first-order valence-corrected chi connectivity index (χ1v) is 8.79. The SMILES string of the molecule is c1ccc2c(c1)[nH]c1cccc(-c3ccc4oc5ccccc5c4c3)c12. The molecule has 0 bridgehead atoms. The molecule has 2 nitrogen and oxygen atoms in total. The molecule has 0 radical (unpaired) electrons. The van der Waals surface area contributed by atoms with Crippen molar-refractivity contribution in [3.63, 3.8) is 0 Å². The molecule has 0 aliphatic heterocycles. The van der Waals surface area contributed by atoms with E-state index < -0.39 is 0 Å². The summed E-state index contributed by atoms with van der Waals surface area (Å²) in [5.74, 6) is 0. The second kappa shape index (κ2) is 4.99. The number of benzene rings is 4. The Bertz CT molecular complexity index is 1430. The molecule has 0 fully saturated rings. The van der Waals surface area contributed by atoms with Crippen molar-refractivity contribution in [2.75, 3.05) is 0 Å². The van der Waals surface area contributed by atoms with Crippen LogP contribution in [-0.2, 0) is 0 Å². The van der Waals surface area contributed by atoms with Crippen LogP contribution in [0.15, 0.2) is 89.3 Å². The van der Waals surface area contributed by atoms with E-state index in [1.807, 2.05) is 12.1 Å². The maximum absolute atomic E-state index is 5.98. The van der Waals surface area contributed by atoms with Crippen molar-refractivity contribution in [2.24, 2.45) is 0 Å². The van der Waals surface area contributed by atoms with Crippen molar-refractivity contribution in [1.82, 2.24) is 4.98 Å². The molecule has 0 amide bonds. The molecule has 2 aromatic heterocycles. The Morgan fingerprint density at radius 1 is 0.577 bits per heavy atom. The predicted molar refractivity (Wildman–Crippen MR) is 109 cm³/mol. The summed E-state index contributed by atoms with van der Waals surface area (Å²) in [4.78, 5) is 3.53. The lowest BCUT2D eigenvalue weighted by Crippen LogP contribution is -1.80. The first kappa shape index (κ1) is 13.7. The van der Waals surface area contributed by atoms with Crippen LogP contribution in [0, 0.1) is 0 Å². The van der Waals surface area contributed by atoms with Crippen LogP contribution in [0.3, 0.4) is 0 Å². The molecule has 1 N–H and O–H groups in total. The van der Waals surface area contributed by atoms with Crippen molar-refractivity contribution >= 4 is 43.7 Å². The lowest BCUT2D eigenvalue weighted by atomic mass is 9.98. The zero-order valence-corrected chi connectivity index (χ0v) is 14.0. The summed E-state index contributed by atoms with van der Waals surface area (Å²) >= 11 is 0. The summed E-state index contributed by atoms with van der Waals surface area (Å²) in [6.45, 7) is 0. The fourth-order valence-electron chi connectivity index (χ4n) is 4.04. The van der Waals surface area contributed by atoms with Gasteiger partial charge in [-0.05, 0) is 41.5 Å². The van der Waals surface area contributed by atoms with Crippen molar-refractivity contribution < 1.29 is 4.42 Å². The van der Waals surface area contributed by atoms with Crippen molar-refractivity contribution in [1.29, 1.82) is 0 Å². The van der Waals surface area contributed by atoms with E-state index in [0.29, 0.717) is 0 Å². The topological polar surface area (TPSA) is 28.9 Å². The molecule has 2 heterocycles. The van der Waals surface area contributed by atoms with Gasteiger partial charge in [0, 0.05) is 32.6 Å². The Labute approximate surface area is 149 Å². The van der Waals surface area contributed by atoms with Crippen LogP contribution in [0.25, 0.3) is 54.9 Å². The summed E-state index contributed by atoms with van der Waals surface area (Å²) in [5, 5.41) is 4.86. The summed E-state index contributed by atoms with van der Waals surface area (Å²) in [5.41, 5.74) is 6.66. The summed E-state index contributed by atoms with van der Waals surface area (Å²) in [6.07, 6.45) is 0. The highest BCUT2D eigenvalue weighted by molar-refractivity contribution is 6.15. The molecule has 0 aliphatic carbocycles. The van der Waals surface area contributed by atoms with Crippen LogP contribution < -0.4 is 0 Å². The minimum atomic E-state index is 0.932. The van der Waals surface area contributed by atoms with Gasteiger partial charge in [0.2, 0.25) is 0 Å². The van der Waals surface area contributed by atoms with Gasteiger partial charge in [-0.25, -0.2) is 0 Å². The van der Waals surface area contributed by atoms with Crippen LogP contribution in [0.2, 0.25) is 0 Å². The molecule has 6 rings (SSSR count). The first-order chi connectivity index (χ1) is 12.9. The van der Waals surface area contributed by atoms with E-state index in [9.17, 15) is 0 Å². The molecule has 6 aromatic rings. The largest absolute Gasteiger partial charge is 0.456 e. The number of aromatic amines is 1. The van der Waals surface area contributed by atoms with E-state index in [-0.39, 0.29) is 0 Å². The Morgan fingerprint density at radius 3 is 2.31 bits per heavy atom. The number of hydrogen-bond donors (Lipinski definition) is 1. The first-order valence-electron chi connectivity index (χ1n) is 8.79.